The fourth-order valence-electron chi connectivity index (χ4n) is 2.17. The van der Waals surface area contributed by atoms with Crippen molar-refractivity contribution >= 4 is 5.97 Å². The first-order valence-corrected chi connectivity index (χ1v) is 6.73. The van der Waals surface area contributed by atoms with Gasteiger partial charge in [-0.15, -0.1) is 0 Å². The molecule has 0 spiro atoms. The molecule has 1 fully saturated rings. The number of aromatic nitrogens is 3. The molecule has 8 heteroatoms. The quantitative estimate of drug-likeness (QED) is 0.840. The van der Waals surface area contributed by atoms with Gasteiger partial charge in [-0.1, -0.05) is 0 Å². The topological polar surface area (TPSA) is 78.3 Å². The third-order valence-corrected chi connectivity index (χ3v) is 3.44. The van der Waals surface area contributed by atoms with Gasteiger partial charge in [-0.2, -0.15) is 5.10 Å². The summed E-state index contributed by atoms with van der Waals surface area (Å²) in [7, 11) is 2.96. The van der Waals surface area contributed by atoms with Crippen LogP contribution >= 0.6 is 0 Å². The smallest absolute Gasteiger partial charge is 0.341 e. The van der Waals surface area contributed by atoms with Crippen molar-refractivity contribution < 1.29 is 18.7 Å². The molecule has 116 valence electrons. The second-order valence-electron chi connectivity index (χ2n) is 4.92. The van der Waals surface area contributed by atoms with Crippen molar-refractivity contribution in [1.29, 1.82) is 0 Å². The molecule has 1 aliphatic rings. The summed E-state index contributed by atoms with van der Waals surface area (Å²) in [6.07, 6.45) is 2.41. The summed E-state index contributed by atoms with van der Waals surface area (Å²) >= 11 is 0. The maximum absolute atomic E-state index is 13.8. The van der Waals surface area contributed by atoms with Crippen molar-refractivity contribution in [2.24, 2.45) is 7.05 Å². The lowest BCUT2D eigenvalue weighted by molar-refractivity contribution is 0.0601. The zero-order valence-corrected chi connectivity index (χ0v) is 12.2. The van der Waals surface area contributed by atoms with Gasteiger partial charge in [-0.25, -0.2) is 9.18 Å². The standard InChI is InChI=1S/C14H15FN4O3/c1-19-13(9(6-18-19)14(20)21-2)11-3-12(10(15)7-17-11)22-8-4-16-5-8/h3,6-8,16H,4-5H2,1-2H3. The average Bonchev–Trinajstić information content (AvgIpc) is 2.85. The number of aryl methyl sites for hydroxylation is 1. The molecule has 3 heterocycles. The Hall–Kier alpha value is -2.48. The molecule has 3 rings (SSSR count). The maximum atomic E-state index is 13.8. The van der Waals surface area contributed by atoms with Gasteiger partial charge in [-0.3, -0.25) is 9.67 Å². The molecule has 2 aromatic heterocycles. The Labute approximate surface area is 126 Å². The van der Waals surface area contributed by atoms with E-state index in [9.17, 15) is 9.18 Å². The molecule has 0 atom stereocenters. The lowest BCUT2D eigenvalue weighted by atomic mass is 10.1. The van der Waals surface area contributed by atoms with E-state index in [2.05, 4.69) is 15.4 Å². The molecule has 7 nitrogen and oxygen atoms in total. The minimum atomic E-state index is -0.544. The number of esters is 1. The third-order valence-electron chi connectivity index (χ3n) is 3.44. The van der Waals surface area contributed by atoms with Crippen LogP contribution in [0.2, 0.25) is 0 Å². The Morgan fingerprint density at radius 2 is 2.23 bits per heavy atom. The Morgan fingerprint density at radius 3 is 2.86 bits per heavy atom. The van der Waals surface area contributed by atoms with Crippen molar-refractivity contribution in [3.63, 3.8) is 0 Å². The van der Waals surface area contributed by atoms with Gasteiger partial charge in [0.05, 0.1) is 25.2 Å². The van der Waals surface area contributed by atoms with Crippen molar-refractivity contribution in [1.82, 2.24) is 20.1 Å². The van der Waals surface area contributed by atoms with Gasteiger partial charge >= 0.3 is 5.97 Å². The van der Waals surface area contributed by atoms with E-state index < -0.39 is 11.8 Å². The number of nitrogens with one attached hydrogen (secondary N) is 1. The first kappa shape index (κ1) is 14.5. The van der Waals surface area contributed by atoms with Crippen LogP contribution in [0.15, 0.2) is 18.5 Å². The summed E-state index contributed by atoms with van der Waals surface area (Å²) in [6.45, 7) is 1.35. The molecule has 0 aromatic carbocycles. The van der Waals surface area contributed by atoms with Crippen LogP contribution < -0.4 is 10.1 Å². The number of carbonyl (C=O) groups excluding carboxylic acids is 1. The highest BCUT2D eigenvalue weighted by atomic mass is 19.1. The first-order chi connectivity index (χ1) is 10.6. The van der Waals surface area contributed by atoms with Crippen LogP contribution in [0.5, 0.6) is 5.75 Å². The monoisotopic (exact) mass is 306 g/mol. The number of nitrogens with zero attached hydrogens (tertiary/aromatic N) is 3. The number of hydrogen-bond donors (Lipinski definition) is 1. The largest absolute Gasteiger partial charge is 0.485 e. The molecule has 0 amide bonds. The summed E-state index contributed by atoms with van der Waals surface area (Å²) in [5.41, 5.74) is 1.10. The van der Waals surface area contributed by atoms with Crippen LogP contribution in [0.3, 0.4) is 0 Å². The summed E-state index contributed by atoms with van der Waals surface area (Å²) in [6, 6.07) is 1.47. The number of pyridine rings is 1. The molecule has 0 radical (unpaired) electrons. The number of carbonyl (C=O) groups is 1. The van der Waals surface area contributed by atoms with Gasteiger partial charge in [0.25, 0.3) is 0 Å². The average molecular weight is 306 g/mol. The van der Waals surface area contributed by atoms with E-state index in [1.165, 1.54) is 24.1 Å². The summed E-state index contributed by atoms with van der Waals surface area (Å²) in [5.74, 6) is -0.967. The number of rotatable bonds is 4. The molecule has 0 aliphatic carbocycles. The highest BCUT2D eigenvalue weighted by Gasteiger charge is 2.23. The van der Waals surface area contributed by atoms with E-state index >= 15 is 0 Å². The van der Waals surface area contributed by atoms with Crippen molar-refractivity contribution in [3.05, 3.63) is 29.8 Å². The van der Waals surface area contributed by atoms with Crippen LogP contribution in [0.1, 0.15) is 10.4 Å². The molecule has 0 bridgehead atoms. The SMILES string of the molecule is COC(=O)c1cnn(C)c1-c1cc(OC2CNC2)c(F)cn1. The Kier molecular flexibility index (Phi) is 3.76. The van der Waals surface area contributed by atoms with Crippen LogP contribution in [-0.2, 0) is 11.8 Å². The van der Waals surface area contributed by atoms with Crippen LogP contribution in [0.4, 0.5) is 4.39 Å². The minimum absolute atomic E-state index is 0.0589. The normalized spacial score (nSPS) is 14.5. The van der Waals surface area contributed by atoms with Crippen molar-refractivity contribution in [2.45, 2.75) is 6.10 Å². The van der Waals surface area contributed by atoms with Crippen LogP contribution in [0, 0.1) is 5.82 Å². The minimum Gasteiger partial charge on any atom is -0.485 e. The van der Waals surface area contributed by atoms with Gasteiger partial charge in [-0.05, 0) is 0 Å². The lowest BCUT2D eigenvalue weighted by Crippen LogP contribution is -2.50. The summed E-state index contributed by atoms with van der Waals surface area (Å²) < 4.78 is 25.6. The number of halogens is 1. The molecule has 0 saturated carbocycles. The molecule has 0 unspecified atom stereocenters. The van der Waals surface area contributed by atoms with Crippen molar-refractivity contribution in [2.75, 3.05) is 20.2 Å². The van der Waals surface area contributed by atoms with Gasteiger partial charge < -0.3 is 14.8 Å². The third kappa shape index (κ3) is 2.52. The first-order valence-electron chi connectivity index (χ1n) is 6.73. The molecular weight excluding hydrogens is 291 g/mol. The predicted octanol–water partition coefficient (Wildman–Crippen LogP) is 0.758. The zero-order valence-electron chi connectivity index (χ0n) is 12.2. The number of ether oxygens (including phenoxy) is 2. The van der Waals surface area contributed by atoms with E-state index in [1.807, 2.05) is 0 Å². The second kappa shape index (κ2) is 5.72. The molecule has 1 saturated heterocycles. The molecular formula is C14H15FN4O3. The highest BCUT2D eigenvalue weighted by molar-refractivity contribution is 5.95. The fraction of sp³-hybridized carbons (Fsp3) is 0.357. The van der Waals surface area contributed by atoms with Gasteiger partial charge in [0.15, 0.2) is 11.6 Å². The molecule has 2 aromatic rings. The molecule has 1 aliphatic heterocycles. The lowest BCUT2D eigenvalue weighted by Gasteiger charge is -2.28. The Balaban J connectivity index is 1.99. The van der Waals surface area contributed by atoms with E-state index in [0.29, 0.717) is 24.5 Å². The number of methoxy groups -OCH3 is 1. The fourth-order valence-corrected chi connectivity index (χ4v) is 2.17. The molecule has 1 N–H and O–H groups in total. The van der Waals surface area contributed by atoms with Gasteiger partial charge in [0.2, 0.25) is 0 Å². The van der Waals surface area contributed by atoms with E-state index in [-0.39, 0.29) is 17.4 Å². The summed E-state index contributed by atoms with van der Waals surface area (Å²) in [4.78, 5) is 15.8. The van der Waals surface area contributed by atoms with E-state index in [4.69, 9.17) is 9.47 Å². The number of hydrogen-bond acceptors (Lipinski definition) is 6. The van der Waals surface area contributed by atoms with E-state index in [1.54, 1.807) is 7.05 Å². The predicted molar refractivity (Wildman–Crippen MR) is 75.0 cm³/mol. The summed E-state index contributed by atoms with van der Waals surface area (Å²) in [5, 5.41) is 7.08. The van der Waals surface area contributed by atoms with Crippen LogP contribution in [-0.4, -0.2) is 47.0 Å². The highest BCUT2D eigenvalue weighted by Crippen LogP contribution is 2.27. The van der Waals surface area contributed by atoms with Gasteiger partial charge in [0, 0.05) is 26.2 Å². The maximum Gasteiger partial charge on any atom is 0.341 e. The zero-order chi connectivity index (χ0) is 15.7. The Bertz CT molecular complexity index is 712. The molecule has 22 heavy (non-hydrogen) atoms. The van der Waals surface area contributed by atoms with Gasteiger partial charge in [0.1, 0.15) is 17.4 Å². The van der Waals surface area contributed by atoms with Crippen molar-refractivity contribution in [3.8, 4) is 17.1 Å². The second-order valence-corrected chi connectivity index (χ2v) is 4.92. The van der Waals surface area contributed by atoms with Crippen LogP contribution in [0.25, 0.3) is 11.4 Å². The van der Waals surface area contributed by atoms with E-state index in [0.717, 1.165) is 6.20 Å². The Morgan fingerprint density at radius 1 is 1.45 bits per heavy atom.